The van der Waals surface area contributed by atoms with Crippen molar-refractivity contribution in [2.45, 2.75) is 56.6 Å². The number of rotatable bonds is 9. The number of aliphatic hydroxyl groups excluding tert-OH is 1. The average molecular weight is 568 g/mol. The molecule has 3 aromatic rings. The van der Waals surface area contributed by atoms with E-state index in [0.29, 0.717) is 18.5 Å². The summed E-state index contributed by atoms with van der Waals surface area (Å²) in [5.74, 6) is -2.69. The number of nitrogens with zero attached hydrogens (tertiary/aromatic N) is 1. The highest BCUT2D eigenvalue weighted by molar-refractivity contribution is 5.99. The second kappa shape index (κ2) is 11.0. The molecule has 3 heterocycles. The van der Waals surface area contributed by atoms with Gasteiger partial charge in [-0.05, 0) is 36.0 Å². The van der Waals surface area contributed by atoms with Gasteiger partial charge in [-0.2, -0.15) is 0 Å². The molecule has 218 valence electrons. The Morgan fingerprint density at radius 1 is 0.905 bits per heavy atom. The zero-order valence-corrected chi connectivity index (χ0v) is 23.9. The third-order valence-electron chi connectivity index (χ3n) is 9.60. The Bertz CT molecular complexity index is 1450. The lowest BCUT2D eigenvalue weighted by molar-refractivity contribution is -0.151. The molecule has 0 aliphatic carbocycles. The van der Waals surface area contributed by atoms with Gasteiger partial charge >= 0.3 is 0 Å². The number of likely N-dealkylation sites (tertiary alicyclic amines) is 1. The summed E-state index contributed by atoms with van der Waals surface area (Å²) in [6, 6.07) is 26.6. The minimum Gasteiger partial charge on any atom is -0.394 e. The minimum atomic E-state index is -1.21. The Morgan fingerprint density at radius 3 is 1.98 bits per heavy atom. The fourth-order valence-electron chi connectivity index (χ4n) is 7.52. The fourth-order valence-corrected chi connectivity index (χ4v) is 7.52. The van der Waals surface area contributed by atoms with Gasteiger partial charge in [0.2, 0.25) is 17.7 Å². The van der Waals surface area contributed by atoms with E-state index in [-0.39, 0.29) is 36.8 Å². The number of ether oxygens (including phenoxy) is 1. The molecule has 3 aliphatic heterocycles. The lowest BCUT2D eigenvalue weighted by atomic mass is 9.62. The van der Waals surface area contributed by atoms with Crippen LogP contribution in [0.4, 0.5) is 0 Å². The maximum Gasteiger partial charge on any atom is 0.246 e. The van der Waals surface area contributed by atoms with Crippen molar-refractivity contribution < 1.29 is 24.2 Å². The summed E-state index contributed by atoms with van der Waals surface area (Å²) in [7, 11) is 0. The molecule has 0 saturated carbocycles. The quantitative estimate of drug-likeness (QED) is 0.368. The topological polar surface area (TPSA) is 108 Å². The van der Waals surface area contributed by atoms with Gasteiger partial charge < -0.3 is 25.4 Å². The number of aliphatic hydroxyl groups is 1. The summed E-state index contributed by atoms with van der Waals surface area (Å²) in [4.78, 5) is 44.2. The van der Waals surface area contributed by atoms with Crippen molar-refractivity contribution in [1.29, 1.82) is 0 Å². The Kier molecular flexibility index (Phi) is 7.37. The zero-order valence-electron chi connectivity index (χ0n) is 23.9. The van der Waals surface area contributed by atoms with Crippen LogP contribution in [0.1, 0.15) is 43.0 Å². The average Bonchev–Trinajstić information content (AvgIpc) is 3.53. The van der Waals surface area contributed by atoms with Gasteiger partial charge in [0, 0.05) is 13.1 Å². The van der Waals surface area contributed by atoms with Crippen LogP contribution in [0.5, 0.6) is 0 Å². The van der Waals surface area contributed by atoms with Crippen molar-refractivity contribution in [3.63, 3.8) is 0 Å². The lowest BCUT2D eigenvalue weighted by Gasteiger charge is -2.37. The zero-order chi connectivity index (χ0) is 29.5. The molecule has 0 aromatic heterocycles. The Morgan fingerprint density at radius 2 is 1.43 bits per heavy atom. The molecule has 3 aromatic carbocycles. The van der Waals surface area contributed by atoms with Crippen LogP contribution in [0, 0.1) is 17.8 Å². The van der Waals surface area contributed by atoms with Crippen LogP contribution in [0.2, 0.25) is 0 Å². The smallest absolute Gasteiger partial charge is 0.246 e. The molecule has 6 rings (SSSR count). The first-order valence-electron chi connectivity index (χ1n) is 14.6. The molecule has 3 amide bonds. The first-order chi connectivity index (χ1) is 20.3. The van der Waals surface area contributed by atoms with Crippen molar-refractivity contribution in [3.8, 4) is 0 Å². The molecule has 3 saturated heterocycles. The normalized spacial score (nSPS) is 30.2. The van der Waals surface area contributed by atoms with Crippen molar-refractivity contribution in [1.82, 2.24) is 15.5 Å². The van der Waals surface area contributed by atoms with Gasteiger partial charge in [-0.15, -0.1) is 0 Å². The molecular weight excluding hydrogens is 530 g/mol. The molecular formula is C34H37N3O5. The van der Waals surface area contributed by atoms with Crippen LogP contribution in [0.25, 0.3) is 0 Å². The maximum absolute atomic E-state index is 14.5. The predicted octanol–water partition coefficient (Wildman–Crippen LogP) is 3.36. The first-order valence-corrected chi connectivity index (χ1v) is 14.6. The number of hydrogen-bond donors (Lipinski definition) is 3. The molecule has 2 bridgehead atoms. The predicted molar refractivity (Wildman–Crippen MR) is 156 cm³/mol. The highest BCUT2D eigenvalue weighted by Gasteiger charge is 2.80. The molecule has 8 heteroatoms. The van der Waals surface area contributed by atoms with E-state index in [9.17, 15) is 19.5 Å². The van der Waals surface area contributed by atoms with Gasteiger partial charge in [-0.1, -0.05) is 97.9 Å². The van der Waals surface area contributed by atoms with Crippen LogP contribution < -0.4 is 10.6 Å². The molecule has 7 atom stereocenters. The summed E-state index contributed by atoms with van der Waals surface area (Å²) >= 11 is 0. The summed E-state index contributed by atoms with van der Waals surface area (Å²) in [6.07, 6.45) is 0.454. The van der Waals surface area contributed by atoms with Crippen LogP contribution in [-0.4, -0.2) is 51.6 Å². The summed E-state index contributed by atoms with van der Waals surface area (Å²) in [6.45, 7) is 4.15. The van der Waals surface area contributed by atoms with E-state index < -0.39 is 35.1 Å². The number of nitrogens with one attached hydrogen (secondary N) is 2. The van der Waals surface area contributed by atoms with Gasteiger partial charge in [0.15, 0.2) is 0 Å². The number of fused-ring (bicyclic) bond motifs is 1. The van der Waals surface area contributed by atoms with Crippen LogP contribution >= 0.6 is 0 Å². The molecule has 3 N–H and O–H groups in total. The molecule has 3 unspecified atom stereocenters. The first kappa shape index (κ1) is 28.1. The Labute approximate surface area is 246 Å². The van der Waals surface area contributed by atoms with Crippen LogP contribution in [0.15, 0.2) is 91.0 Å². The second-order valence-electron chi connectivity index (χ2n) is 12.0. The molecule has 42 heavy (non-hydrogen) atoms. The monoisotopic (exact) mass is 567 g/mol. The fraction of sp³-hybridized carbons (Fsp3) is 0.382. The number of hydrogen-bond acceptors (Lipinski definition) is 5. The van der Waals surface area contributed by atoms with Crippen molar-refractivity contribution in [2.75, 3.05) is 6.61 Å². The number of carbonyl (C=O) groups is 3. The largest absolute Gasteiger partial charge is 0.394 e. The highest BCUT2D eigenvalue weighted by atomic mass is 16.5. The standard InChI is InChI=1S/C34H37N3O5/c1-22-18-34-28(27(33(22,2)42-34)30(39)35-19-23-12-6-3-7-13-23)32(41)37(26(21-38)25-16-10-5-11-17-25)29(34)31(40)36-20-24-14-8-4-9-15-24/h3-17,22,26-29,38H,18-21H2,1-2H3,(H,35,39)(H,36,40)/t22?,26-,27+,28+,29?,33-,34?/m1/s1. The molecule has 8 nitrogen and oxygen atoms in total. The third-order valence-corrected chi connectivity index (χ3v) is 9.60. The summed E-state index contributed by atoms with van der Waals surface area (Å²) in [5.41, 5.74) is 0.456. The molecule has 0 radical (unpaired) electrons. The molecule has 1 spiro atoms. The van der Waals surface area contributed by atoms with E-state index in [1.807, 2.05) is 105 Å². The van der Waals surface area contributed by atoms with Gasteiger partial charge in [0.25, 0.3) is 0 Å². The van der Waals surface area contributed by atoms with Gasteiger partial charge in [-0.25, -0.2) is 0 Å². The van der Waals surface area contributed by atoms with Gasteiger partial charge in [0.1, 0.15) is 11.6 Å². The van der Waals surface area contributed by atoms with Crippen molar-refractivity contribution >= 4 is 17.7 Å². The Hall–Kier alpha value is -4.01. The second-order valence-corrected chi connectivity index (χ2v) is 12.0. The van der Waals surface area contributed by atoms with E-state index in [4.69, 9.17) is 4.74 Å². The molecule has 3 fully saturated rings. The SMILES string of the molecule is CC1CC23O[C@@]1(C)[C@H](C(=O)NCc1ccccc1)[C@H]2C(=O)N([C@H](CO)c1ccccc1)C3C(=O)NCc1ccccc1. The van der Waals surface area contributed by atoms with E-state index in [2.05, 4.69) is 10.6 Å². The Balaban J connectivity index is 1.38. The third kappa shape index (κ3) is 4.50. The number of amides is 3. The summed E-state index contributed by atoms with van der Waals surface area (Å²) < 4.78 is 6.82. The van der Waals surface area contributed by atoms with Crippen LogP contribution in [0.3, 0.4) is 0 Å². The van der Waals surface area contributed by atoms with Gasteiger partial charge in [0.05, 0.1) is 30.1 Å². The molecule has 3 aliphatic rings. The van der Waals surface area contributed by atoms with Crippen molar-refractivity contribution in [3.05, 3.63) is 108 Å². The van der Waals surface area contributed by atoms with Crippen LogP contribution in [-0.2, 0) is 32.2 Å². The minimum absolute atomic E-state index is 0.0808. The maximum atomic E-state index is 14.5. The highest BCUT2D eigenvalue weighted by Crippen LogP contribution is 2.65. The van der Waals surface area contributed by atoms with Gasteiger partial charge in [-0.3, -0.25) is 14.4 Å². The lowest BCUT2D eigenvalue weighted by Crippen LogP contribution is -2.56. The van der Waals surface area contributed by atoms with E-state index in [1.54, 1.807) is 0 Å². The van der Waals surface area contributed by atoms with Crippen molar-refractivity contribution in [2.24, 2.45) is 17.8 Å². The summed E-state index contributed by atoms with van der Waals surface area (Å²) in [5, 5.41) is 16.7. The number of carbonyl (C=O) groups excluding carboxylic acids is 3. The van der Waals surface area contributed by atoms with E-state index >= 15 is 0 Å². The number of benzene rings is 3. The van der Waals surface area contributed by atoms with E-state index in [1.165, 1.54) is 4.90 Å². The van der Waals surface area contributed by atoms with E-state index in [0.717, 1.165) is 11.1 Å².